The van der Waals surface area contributed by atoms with Crippen molar-refractivity contribution in [3.63, 3.8) is 0 Å². The number of alkyl carbamates (subject to hydrolysis) is 1. The summed E-state index contributed by atoms with van der Waals surface area (Å²) in [4.78, 5) is 23.0. The van der Waals surface area contributed by atoms with Gasteiger partial charge in [0.15, 0.2) is 6.04 Å². The largest absolute Gasteiger partial charge is 0.480 e. The zero-order valence-electron chi connectivity index (χ0n) is 14.2. The van der Waals surface area contributed by atoms with Gasteiger partial charge in [0.2, 0.25) is 0 Å². The third-order valence-corrected chi connectivity index (χ3v) is 4.37. The van der Waals surface area contributed by atoms with Crippen LogP contribution in [0.4, 0.5) is 4.79 Å². The molecule has 0 aromatic heterocycles. The van der Waals surface area contributed by atoms with E-state index in [1.807, 2.05) is 48.5 Å². The number of carboxylic acids is 1. The van der Waals surface area contributed by atoms with Crippen molar-refractivity contribution in [3.8, 4) is 11.1 Å². The molecule has 0 fully saturated rings. The molecule has 0 aliphatic heterocycles. The molecule has 26 heavy (non-hydrogen) atoms. The number of benzene rings is 2. The first kappa shape index (κ1) is 19.4. The summed E-state index contributed by atoms with van der Waals surface area (Å²) in [5.41, 5.74) is 4.36. The smallest absolute Gasteiger partial charge is 0.407 e. The molecule has 0 spiro atoms. The predicted octanol–water partition coefficient (Wildman–Crippen LogP) is 1.53. The number of nitrogens with one attached hydrogen (secondary N) is 1. The standard InChI is InChI=1S/C19H19NO5.H2O/c1-11(21)17(18(22)23)20-19(24)25-10-16-14-8-4-2-6-12(14)13-7-3-5-9-15(13)16;/h2-9,11,16-17,21H,10H2,1H3,(H,20,24)(H,22,23);1H2/t11-,17+;/m0./s1. The van der Waals surface area contributed by atoms with Gasteiger partial charge in [-0.3, -0.25) is 0 Å². The number of carboxylic acid groups (broad SMARTS) is 1. The molecule has 0 saturated carbocycles. The molecule has 2 aromatic carbocycles. The highest BCUT2D eigenvalue weighted by Gasteiger charge is 2.30. The maximum absolute atomic E-state index is 11.9. The number of fused-ring (bicyclic) bond motifs is 3. The molecule has 0 radical (unpaired) electrons. The summed E-state index contributed by atoms with van der Waals surface area (Å²) in [6.45, 7) is 1.38. The first-order valence-corrected chi connectivity index (χ1v) is 8.01. The second-order valence-electron chi connectivity index (χ2n) is 6.03. The van der Waals surface area contributed by atoms with Gasteiger partial charge in [-0.2, -0.15) is 0 Å². The lowest BCUT2D eigenvalue weighted by Crippen LogP contribution is -2.48. The topological polar surface area (TPSA) is 127 Å². The monoisotopic (exact) mass is 359 g/mol. The Hall–Kier alpha value is -2.90. The highest BCUT2D eigenvalue weighted by molar-refractivity contribution is 5.81. The third-order valence-electron chi connectivity index (χ3n) is 4.37. The van der Waals surface area contributed by atoms with Crippen LogP contribution in [-0.4, -0.2) is 46.5 Å². The van der Waals surface area contributed by atoms with Gasteiger partial charge < -0.3 is 25.7 Å². The molecule has 0 bridgehead atoms. The van der Waals surface area contributed by atoms with E-state index in [2.05, 4.69) is 5.32 Å². The van der Waals surface area contributed by atoms with Crippen molar-refractivity contribution in [2.45, 2.75) is 25.0 Å². The van der Waals surface area contributed by atoms with Crippen LogP contribution in [0.3, 0.4) is 0 Å². The normalized spacial score (nSPS) is 14.4. The minimum absolute atomic E-state index is 0. The van der Waals surface area contributed by atoms with E-state index in [1.165, 1.54) is 6.92 Å². The first-order valence-electron chi connectivity index (χ1n) is 8.01. The molecule has 1 aliphatic rings. The summed E-state index contributed by atoms with van der Waals surface area (Å²) in [7, 11) is 0. The molecule has 7 heteroatoms. The second-order valence-corrected chi connectivity index (χ2v) is 6.03. The van der Waals surface area contributed by atoms with Crippen molar-refractivity contribution < 1.29 is 30.0 Å². The molecule has 2 atom stereocenters. The van der Waals surface area contributed by atoms with Gasteiger partial charge in [-0.15, -0.1) is 0 Å². The summed E-state index contributed by atoms with van der Waals surface area (Å²) in [5.74, 6) is -1.42. The average Bonchev–Trinajstić information content (AvgIpc) is 2.91. The molecule has 0 saturated heterocycles. The van der Waals surface area contributed by atoms with Crippen LogP contribution in [0.15, 0.2) is 48.5 Å². The molecule has 0 heterocycles. The Labute approximate surface area is 150 Å². The van der Waals surface area contributed by atoms with Crippen LogP contribution in [0, 0.1) is 0 Å². The molecule has 7 nitrogen and oxygen atoms in total. The van der Waals surface area contributed by atoms with E-state index in [0.717, 1.165) is 22.3 Å². The number of hydrogen-bond donors (Lipinski definition) is 3. The number of carbonyl (C=O) groups excluding carboxylic acids is 1. The number of amides is 1. The summed E-state index contributed by atoms with van der Waals surface area (Å²) >= 11 is 0. The second kappa shape index (κ2) is 7.99. The number of aliphatic hydroxyl groups excluding tert-OH is 1. The zero-order chi connectivity index (χ0) is 18.0. The van der Waals surface area contributed by atoms with Crippen LogP contribution in [0.5, 0.6) is 0 Å². The minimum Gasteiger partial charge on any atom is -0.480 e. The SMILES string of the molecule is C[C@H](O)[C@@H](NC(=O)OCC1c2ccccc2-c2ccccc21)C(=O)O.O. The van der Waals surface area contributed by atoms with Crippen LogP contribution in [0.1, 0.15) is 24.0 Å². The summed E-state index contributed by atoms with van der Waals surface area (Å²) in [6.07, 6.45) is -2.09. The third kappa shape index (κ3) is 3.68. The Kier molecular flexibility index (Phi) is 5.97. The van der Waals surface area contributed by atoms with Crippen LogP contribution >= 0.6 is 0 Å². The highest BCUT2D eigenvalue weighted by Crippen LogP contribution is 2.44. The van der Waals surface area contributed by atoms with Crippen molar-refractivity contribution in [2.75, 3.05) is 6.61 Å². The Morgan fingerprint density at radius 3 is 2.04 bits per heavy atom. The van der Waals surface area contributed by atoms with Gasteiger partial charge in [0.05, 0.1) is 6.10 Å². The number of ether oxygens (including phenoxy) is 1. The van der Waals surface area contributed by atoms with Crippen LogP contribution in [-0.2, 0) is 9.53 Å². The Balaban J connectivity index is 0.00000243. The molecule has 2 aromatic rings. The number of rotatable bonds is 5. The number of hydrogen-bond acceptors (Lipinski definition) is 4. The van der Waals surface area contributed by atoms with Gasteiger partial charge in [0, 0.05) is 5.92 Å². The van der Waals surface area contributed by atoms with Gasteiger partial charge in [0.25, 0.3) is 0 Å². The Morgan fingerprint density at radius 1 is 1.08 bits per heavy atom. The highest BCUT2D eigenvalue weighted by atomic mass is 16.5. The Bertz CT molecular complexity index is 759. The number of carbonyl (C=O) groups is 2. The molecule has 1 aliphatic carbocycles. The van der Waals surface area contributed by atoms with E-state index >= 15 is 0 Å². The van der Waals surface area contributed by atoms with Gasteiger partial charge in [-0.1, -0.05) is 48.5 Å². The molecule has 5 N–H and O–H groups in total. The van der Waals surface area contributed by atoms with Crippen molar-refractivity contribution in [1.29, 1.82) is 0 Å². The lowest BCUT2D eigenvalue weighted by molar-refractivity contribution is -0.142. The van der Waals surface area contributed by atoms with Crippen LogP contribution < -0.4 is 5.32 Å². The predicted molar refractivity (Wildman–Crippen MR) is 94.9 cm³/mol. The lowest BCUT2D eigenvalue weighted by Gasteiger charge is -2.18. The molecule has 1 amide bonds. The maximum atomic E-state index is 11.9. The van der Waals surface area contributed by atoms with E-state index < -0.39 is 24.2 Å². The molecule has 0 unspecified atom stereocenters. The maximum Gasteiger partial charge on any atom is 0.407 e. The van der Waals surface area contributed by atoms with E-state index in [-0.39, 0.29) is 18.0 Å². The summed E-state index contributed by atoms with van der Waals surface area (Å²) in [6, 6.07) is 14.4. The summed E-state index contributed by atoms with van der Waals surface area (Å²) in [5, 5.41) is 20.6. The first-order chi connectivity index (χ1) is 12.0. The lowest BCUT2D eigenvalue weighted by atomic mass is 9.98. The van der Waals surface area contributed by atoms with E-state index in [0.29, 0.717) is 0 Å². The minimum atomic E-state index is -1.41. The molecule has 138 valence electrons. The van der Waals surface area contributed by atoms with Gasteiger partial charge in [-0.25, -0.2) is 9.59 Å². The molecular formula is C19H21NO6. The fourth-order valence-corrected chi connectivity index (χ4v) is 3.16. The van der Waals surface area contributed by atoms with Crippen LogP contribution in [0.25, 0.3) is 11.1 Å². The molecule has 3 rings (SSSR count). The van der Waals surface area contributed by atoms with E-state index in [9.17, 15) is 14.7 Å². The van der Waals surface area contributed by atoms with Crippen LogP contribution in [0.2, 0.25) is 0 Å². The number of aliphatic carboxylic acids is 1. The van der Waals surface area contributed by atoms with E-state index in [4.69, 9.17) is 9.84 Å². The van der Waals surface area contributed by atoms with Crippen molar-refractivity contribution in [1.82, 2.24) is 5.32 Å². The molecular weight excluding hydrogens is 338 g/mol. The van der Waals surface area contributed by atoms with E-state index in [1.54, 1.807) is 0 Å². The van der Waals surface area contributed by atoms with Crippen molar-refractivity contribution in [3.05, 3.63) is 59.7 Å². The number of aliphatic hydroxyl groups is 1. The van der Waals surface area contributed by atoms with Gasteiger partial charge >= 0.3 is 12.1 Å². The van der Waals surface area contributed by atoms with Crippen molar-refractivity contribution in [2.24, 2.45) is 0 Å². The average molecular weight is 359 g/mol. The summed E-state index contributed by atoms with van der Waals surface area (Å²) < 4.78 is 5.25. The quantitative estimate of drug-likeness (QED) is 0.746. The van der Waals surface area contributed by atoms with Gasteiger partial charge in [-0.05, 0) is 29.2 Å². The Morgan fingerprint density at radius 2 is 1.58 bits per heavy atom. The fraction of sp³-hybridized carbons (Fsp3) is 0.263. The van der Waals surface area contributed by atoms with Gasteiger partial charge in [0.1, 0.15) is 6.61 Å². The van der Waals surface area contributed by atoms with Crippen molar-refractivity contribution >= 4 is 12.1 Å². The zero-order valence-corrected chi connectivity index (χ0v) is 14.2. The fourth-order valence-electron chi connectivity index (χ4n) is 3.16.